The minimum Gasteiger partial charge on any atom is -0.319 e. The van der Waals surface area contributed by atoms with Crippen LogP contribution in [0.4, 0.5) is 11.4 Å². The highest BCUT2D eigenvalue weighted by Crippen LogP contribution is 2.42. The quantitative estimate of drug-likeness (QED) is 0.167. The first-order valence-corrected chi connectivity index (χ1v) is 18.6. The number of hydrogen-bond acceptors (Lipinski definition) is 1. The zero-order valence-corrected chi connectivity index (χ0v) is 30.3. The summed E-state index contributed by atoms with van der Waals surface area (Å²) in [6, 6.07) is 60.3. The van der Waals surface area contributed by atoms with Crippen molar-refractivity contribution in [2.75, 3.05) is 0 Å². The maximum absolute atomic E-state index is 9.90. The maximum Gasteiger partial charge on any atom is 0.211 e. The summed E-state index contributed by atoms with van der Waals surface area (Å²) in [6.45, 7) is 15.8. The van der Waals surface area contributed by atoms with Crippen LogP contribution in [0.15, 0.2) is 170 Å². The lowest BCUT2D eigenvalue weighted by Gasteiger charge is -2.15. The summed E-state index contributed by atoms with van der Waals surface area (Å²) in [4.78, 5) is 7.69. The molecule has 3 aromatic heterocycles. The van der Waals surface area contributed by atoms with Crippen molar-refractivity contribution in [3.63, 3.8) is 0 Å². The monoisotopic (exact) mass is 724 g/mol. The summed E-state index contributed by atoms with van der Waals surface area (Å²) < 4.78 is 6.80. The summed E-state index contributed by atoms with van der Waals surface area (Å²) in [5, 5.41) is 16.4. The molecule has 0 amide bonds. The normalized spacial score (nSPS) is 11.5. The number of aromatic nitrogens is 3. The van der Waals surface area contributed by atoms with Crippen LogP contribution < -0.4 is 0 Å². The molecule has 262 valence electrons. The van der Waals surface area contributed by atoms with Crippen molar-refractivity contribution in [2.24, 2.45) is 0 Å². The van der Waals surface area contributed by atoms with Gasteiger partial charge in [-0.25, -0.2) is 9.69 Å². The van der Waals surface area contributed by atoms with Crippen molar-refractivity contribution in [1.82, 2.24) is 13.7 Å². The molecule has 0 fully saturated rings. The van der Waals surface area contributed by atoms with Gasteiger partial charge in [0.15, 0.2) is 5.69 Å². The number of fused-ring (bicyclic) bond motifs is 9. The van der Waals surface area contributed by atoms with Gasteiger partial charge in [0, 0.05) is 32.6 Å². The molecule has 0 aliphatic heterocycles. The number of para-hydroxylation sites is 4. The molecule has 11 aromatic rings. The number of hydrogen-bond donors (Lipinski definition) is 0. The fourth-order valence-corrected chi connectivity index (χ4v) is 8.83. The van der Waals surface area contributed by atoms with Crippen LogP contribution in [0, 0.1) is 24.5 Å². The molecule has 6 nitrogen and oxygen atoms in total. The van der Waals surface area contributed by atoms with Crippen LogP contribution in [-0.2, 0) is 0 Å². The fraction of sp³-hybridized carbons (Fsp3) is 0. The predicted octanol–water partition coefficient (Wildman–Crippen LogP) is 13.6. The number of nitrogens with zero attached hydrogens (tertiary/aromatic N) is 6. The Hall–Kier alpha value is -8.37. The first-order valence-electron chi connectivity index (χ1n) is 18.6. The molecule has 0 bridgehead atoms. The summed E-state index contributed by atoms with van der Waals surface area (Å²) in [5.41, 5.74) is 12.8. The van der Waals surface area contributed by atoms with Crippen LogP contribution in [0.3, 0.4) is 0 Å². The van der Waals surface area contributed by atoms with Crippen LogP contribution in [0.1, 0.15) is 5.56 Å². The van der Waals surface area contributed by atoms with E-state index in [1.54, 1.807) is 0 Å². The highest BCUT2D eigenvalue weighted by atomic mass is 15.1. The number of nitriles is 1. The summed E-state index contributed by atoms with van der Waals surface area (Å²) >= 11 is 0. The highest BCUT2D eigenvalue weighted by molar-refractivity contribution is 6.15. The molecule has 6 heteroatoms. The van der Waals surface area contributed by atoms with Crippen LogP contribution in [0.5, 0.6) is 0 Å². The molecule has 0 aliphatic carbocycles. The van der Waals surface area contributed by atoms with E-state index in [0.717, 1.165) is 82.8 Å². The molecule has 0 N–H and O–H groups in total. The van der Waals surface area contributed by atoms with Crippen molar-refractivity contribution in [3.05, 3.63) is 198 Å². The highest BCUT2D eigenvalue weighted by Gasteiger charge is 2.21. The van der Waals surface area contributed by atoms with Gasteiger partial charge in [-0.05, 0) is 95.4 Å². The van der Waals surface area contributed by atoms with Crippen LogP contribution >= 0.6 is 0 Å². The standard InChI is InChI=1S/C51H28N6/c1-53-35-22-27-48-42(30-35)39-12-5-8-16-46(39)56(48)49-26-21-34(29-43(49)54-2)33-19-23-36(24-20-33)55-47-25-18-32(31-52)28-41(47)40-13-9-17-50(51(40)55)57-44-14-6-3-10-37(44)38-11-4-7-15-45(38)57/h3-30H. The SMILES string of the molecule is [C-]#[N+]c1ccc2c(c1)c1ccccc1n2-c1ccc(-c2ccc(-n3c4ccc(C#N)cc4c4cccc(-n5c6ccccc6c6ccccc65)c43)cc2)cc1[N+]#[C-]. The first-order chi connectivity index (χ1) is 28.1. The Morgan fingerprint density at radius 2 is 0.982 bits per heavy atom. The predicted molar refractivity (Wildman–Crippen MR) is 232 cm³/mol. The minimum absolute atomic E-state index is 0.542. The number of rotatable bonds is 4. The molecule has 57 heavy (non-hydrogen) atoms. The van der Waals surface area contributed by atoms with Gasteiger partial charge in [-0.15, -0.1) is 0 Å². The Labute approximate surface area is 327 Å². The minimum atomic E-state index is 0.542. The van der Waals surface area contributed by atoms with E-state index in [1.807, 2.05) is 54.6 Å². The topological polar surface area (TPSA) is 47.3 Å². The lowest BCUT2D eigenvalue weighted by atomic mass is 10.0. The van der Waals surface area contributed by atoms with E-state index in [9.17, 15) is 5.26 Å². The van der Waals surface area contributed by atoms with Gasteiger partial charge in [-0.2, -0.15) is 5.26 Å². The average molecular weight is 725 g/mol. The average Bonchev–Trinajstić information content (AvgIpc) is 3.91. The van der Waals surface area contributed by atoms with E-state index in [2.05, 4.69) is 145 Å². The van der Waals surface area contributed by atoms with Gasteiger partial charge in [0.1, 0.15) is 0 Å². The third-order valence-corrected chi connectivity index (χ3v) is 11.3. The number of benzene rings is 8. The van der Waals surface area contributed by atoms with E-state index in [1.165, 1.54) is 10.8 Å². The smallest absolute Gasteiger partial charge is 0.211 e. The summed E-state index contributed by atoms with van der Waals surface area (Å²) in [6.07, 6.45) is 0. The summed E-state index contributed by atoms with van der Waals surface area (Å²) in [5.74, 6) is 0. The molecule has 0 spiro atoms. The maximum atomic E-state index is 9.90. The second kappa shape index (κ2) is 12.3. The first kappa shape index (κ1) is 32.1. The van der Waals surface area contributed by atoms with Gasteiger partial charge in [-0.3, -0.25) is 0 Å². The molecule has 0 aliphatic rings. The van der Waals surface area contributed by atoms with Gasteiger partial charge in [-0.1, -0.05) is 91.0 Å². The Balaban J connectivity index is 1.08. The van der Waals surface area contributed by atoms with Crippen molar-refractivity contribution >= 4 is 76.8 Å². The van der Waals surface area contributed by atoms with E-state index in [-0.39, 0.29) is 0 Å². The second-order valence-electron chi connectivity index (χ2n) is 14.3. The third kappa shape index (κ3) is 4.68. The molecule has 0 radical (unpaired) electrons. The molecular weight excluding hydrogens is 697 g/mol. The molecule has 0 unspecified atom stereocenters. The summed E-state index contributed by atoms with van der Waals surface area (Å²) in [7, 11) is 0. The van der Waals surface area contributed by atoms with E-state index in [4.69, 9.17) is 13.1 Å². The fourth-order valence-electron chi connectivity index (χ4n) is 8.83. The van der Waals surface area contributed by atoms with Gasteiger partial charge in [0.05, 0.1) is 69.3 Å². The molecule has 8 aromatic carbocycles. The Morgan fingerprint density at radius 1 is 0.421 bits per heavy atom. The lowest BCUT2D eigenvalue weighted by Crippen LogP contribution is -2.00. The Bertz CT molecular complexity index is 3560. The molecule has 11 rings (SSSR count). The second-order valence-corrected chi connectivity index (χ2v) is 14.3. The molecule has 3 heterocycles. The molecular formula is C51H28N6. The van der Waals surface area contributed by atoms with Crippen molar-refractivity contribution in [1.29, 1.82) is 5.26 Å². The largest absolute Gasteiger partial charge is 0.319 e. The van der Waals surface area contributed by atoms with Gasteiger partial charge in [0.2, 0.25) is 5.69 Å². The Kier molecular flexibility index (Phi) is 6.95. The van der Waals surface area contributed by atoms with E-state index < -0.39 is 0 Å². The van der Waals surface area contributed by atoms with Crippen LogP contribution in [-0.4, -0.2) is 13.7 Å². The zero-order valence-electron chi connectivity index (χ0n) is 30.3. The van der Waals surface area contributed by atoms with Gasteiger partial charge >= 0.3 is 0 Å². The van der Waals surface area contributed by atoms with E-state index in [0.29, 0.717) is 16.9 Å². The van der Waals surface area contributed by atoms with Crippen molar-refractivity contribution in [3.8, 4) is 34.3 Å². The molecule has 0 saturated heterocycles. The third-order valence-electron chi connectivity index (χ3n) is 11.3. The lowest BCUT2D eigenvalue weighted by molar-refractivity contribution is 1.13. The van der Waals surface area contributed by atoms with Crippen LogP contribution in [0.25, 0.3) is 103 Å². The van der Waals surface area contributed by atoms with Crippen LogP contribution in [0.2, 0.25) is 0 Å². The molecule has 0 atom stereocenters. The van der Waals surface area contributed by atoms with E-state index >= 15 is 0 Å². The van der Waals surface area contributed by atoms with Crippen molar-refractivity contribution < 1.29 is 0 Å². The van der Waals surface area contributed by atoms with Gasteiger partial charge in [0.25, 0.3) is 0 Å². The molecule has 0 saturated carbocycles. The Morgan fingerprint density at radius 3 is 1.65 bits per heavy atom. The van der Waals surface area contributed by atoms with Crippen molar-refractivity contribution in [2.45, 2.75) is 0 Å². The van der Waals surface area contributed by atoms with Gasteiger partial charge < -0.3 is 13.7 Å². The zero-order chi connectivity index (χ0) is 38.2.